The third kappa shape index (κ3) is 2.76. The quantitative estimate of drug-likeness (QED) is 0.413. The summed E-state index contributed by atoms with van der Waals surface area (Å²) < 4.78 is 2.09. The number of hydrogen-bond acceptors (Lipinski definition) is 4. The van der Waals surface area contributed by atoms with Gasteiger partial charge in [0.15, 0.2) is 5.65 Å². The zero-order valence-electron chi connectivity index (χ0n) is 18.4. The Kier molecular flexibility index (Phi) is 3.97. The number of aromatic nitrogens is 5. The van der Waals surface area contributed by atoms with Crippen LogP contribution in [0.15, 0.2) is 79.0 Å². The predicted octanol–water partition coefficient (Wildman–Crippen LogP) is 5.41. The van der Waals surface area contributed by atoms with Gasteiger partial charge in [-0.15, -0.1) is 0 Å². The molecule has 2 bridgehead atoms. The Morgan fingerprint density at radius 2 is 1.94 bits per heavy atom. The van der Waals surface area contributed by atoms with Gasteiger partial charge in [0, 0.05) is 54.4 Å². The minimum Gasteiger partial charge on any atom is -0.374 e. The average Bonchev–Trinajstić information content (AvgIpc) is 3.65. The molecule has 0 radical (unpaired) electrons. The summed E-state index contributed by atoms with van der Waals surface area (Å²) >= 11 is 0. The Hall–Kier alpha value is -3.93. The van der Waals surface area contributed by atoms with E-state index in [4.69, 9.17) is 10.1 Å². The molecule has 0 spiro atoms. The first-order valence-corrected chi connectivity index (χ1v) is 11.6. The summed E-state index contributed by atoms with van der Waals surface area (Å²) in [4.78, 5) is 14.9. The summed E-state index contributed by atoms with van der Waals surface area (Å²) in [6.45, 7) is 3.31. The number of H-pyrrole nitrogens is 1. The second-order valence-electron chi connectivity index (χ2n) is 9.03. The van der Waals surface area contributed by atoms with Gasteiger partial charge in [-0.2, -0.15) is 5.10 Å². The predicted molar refractivity (Wildman–Crippen MR) is 130 cm³/mol. The van der Waals surface area contributed by atoms with E-state index in [1.807, 2.05) is 36.9 Å². The number of aromatic amines is 1. The molecule has 0 saturated heterocycles. The van der Waals surface area contributed by atoms with Gasteiger partial charge in [0.25, 0.3) is 0 Å². The Morgan fingerprint density at radius 3 is 2.76 bits per heavy atom. The maximum Gasteiger partial charge on any atom is 0.163 e. The van der Waals surface area contributed by atoms with Crippen molar-refractivity contribution in [2.75, 3.05) is 6.54 Å². The number of rotatable bonds is 4. The number of fused-ring (bicyclic) bond motifs is 4. The Balaban J connectivity index is 1.47. The normalized spacial score (nSPS) is 19.7. The SMILES string of the molecule is CCN1C=C2CC1CC2c1ccnc2c(-c3ccc4cc[nH]c4c3)c(-c3ccncc3)nn12. The smallest absolute Gasteiger partial charge is 0.163 e. The third-order valence-electron chi connectivity index (χ3n) is 7.29. The molecule has 162 valence electrons. The monoisotopic (exact) mass is 432 g/mol. The summed E-state index contributed by atoms with van der Waals surface area (Å²) in [7, 11) is 0. The molecular weight excluding hydrogens is 408 g/mol. The highest BCUT2D eigenvalue weighted by Crippen LogP contribution is 2.47. The lowest BCUT2D eigenvalue weighted by Crippen LogP contribution is -2.27. The van der Waals surface area contributed by atoms with Gasteiger partial charge < -0.3 is 9.88 Å². The molecule has 6 nitrogen and oxygen atoms in total. The van der Waals surface area contributed by atoms with Gasteiger partial charge in [0.2, 0.25) is 0 Å². The molecule has 4 aromatic heterocycles. The Bertz CT molecular complexity index is 1530. The van der Waals surface area contributed by atoms with Crippen LogP contribution in [0.5, 0.6) is 0 Å². The van der Waals surface area contributed by atoms with Crippen molar-refractivity contribution in [1.29, 1.82) is 0 Å². The van der Waals surface area contributed by atoms with Crippen LogP contribution in [0.25, 0.3) is 38.9 Å². The highest BCUT2D eigenvalue weighted by atomic mass is 15.3. The lowest BCUT2D eigenvalue weighted by Gasteiger charge is -2.27. The first-order valence-electron chi connectivity index (χ1n) is 11.6. The summed E-state index contributed by atoms with van der Waals surface area (Å²) in [6.07, 6.45) is 12.3. The molecule has 33 heavy (non-hydrogen) atoms. The van der Waals surface area contributed by atoms with Crippen molar-refractivity contribution in [2.24, 2.45) is 0 Å². The number of nitrogens with zero attached hydrogens (tertiary/aromatic N) is 5. The van der Waals surface area contributed by atoms with E-state index in [1.54, 1.807) is 0 Å². The van der Waals surface area contributed by atoms with Crippen LogP contribution in [-0.2, 0) is 0 Å². The van der Waals surface area contributed by atoms with Gasteiger partial charge in [0.05, 0.1) is 11.3 Å². The Morgan fingerprint density at radius 1 is 1.03 bits per heavy atom. The van der Waals surface area contributed by atoms with E-state index in [0.29, 0.717) is 12.0 Å². The molecule has 2 unspecified atom stereocenters. The fraction of sp³-hybridized carbons (Fsp3) is 0.222. The van der Waals surface area contributed by atoms with E-state index in [0.717, 1.165) is 52.9 Å². The number of hydrogen-bond donors (Lipinski definition) is 1. The Labute approximate surface area is 191 Å². The summed E-state index contributed by atoms with van der Waals surface area (Å²) in [6, 6.07) is 15.4. The van der Waals surface area contributed by atoms with Crippen molar-refractivity contribution >= 4 is 16.6 Å². The molecule has 6 heteroatoms. The van der Waals surface area contributed by atoms with Crippen LogP contribution in [0.1, 0.15) is 31.4 Å². The van der Waals surface area contributed by atoms with Crippen LogP contribution in [0, 0.1) is 0 Å². The zero-order valence-corrected chi connectivity index (χ0v) is 18.4. The van der Waals surface area contributed by atoms with Gasteiger partial charge in [-0.1, -0.05) is 12.1 Å². The van der Waals surface area contributed by atoms with Crippen LogP contribution < -0.4 is 0 Å². The fourth-order valence-electron chi connectivity index (χ4n) is 5.70. The molecule has 1 aromatic carbocycles. The molecule has 2 atom stereocenters. The highest BCUT2D eigenvalue weighted by Gasteiger charge is 2.39. The molecule has 7 rings (SSSR count). The number of pyridine rings is 1. The molecule has 5 heterocycles. The van der Waals surface area contributed by atoms with Crippen molar-refractivity contribution in [3.63, 3.8) is 0 Å². The molecule has 1 aliphatic heterocycles. The van der Waals surface area contributed by atoms with Crippen molar-refractivity contribution < 1.29 is 0 Å². The van der Waals surface area contributed by atoms with Crippen LogP contribution >= 0.6 is 0 Å². The molecule has 1 saturated carbocycles. The first-order chi connectivity index (χ1) is 16.3. The maximum atomic E-state index is 5.17. The fourth-order valence-corrected chi connectivity index (χ4v) is 5.70. The van der Waals surface area contributed by atoms with Crippen LogP contribution in [-0.4, -0.2) is 42.1 Å². The van der Waals surface area contributed by atoms with Crippen LogP contribution in [0.2, 0.25) is 0 Å². The second kappa shape index (κ2) is 7.04. The van der Waals surface area contributed by atoms with Crippen molar-refractivity contribution in [1.82, 2.24) is 29.5 Å². The highest BCUT2D eigenvalue weighted by molar-refractivity contribution is 5.94. The van der Waals surface area contributed by atoms with E-state index in [2.05, 4.69) is 62.8 Å². The van der Waals surface area contributed by atoms with Crippen molar-refractivity contribution in [3.8, 4) is 22.4 Å². The van der Waals surface area contributed by atoms with Crippen molar-refractivity contribution in [3.05, 3.63) is 84.7 Å². The van der Waals surface area contributed by atoms with E-state index in [-0.39, 0.29) is 0 Å². The third-order valence-corrected chi connectivity index (χ3v) is 7.29. The van der Waals surface area contributed by atoms with E-state index in [9.17, 15) is 0 Å². The minimum absolute atomic E-state index is 0.396. The molecule has 1 N–H and O–H groups in total. The van der Waals surface area contributed by atoms with Crippen molar-refractivity contribution in [2.45, 2.75) is 31.7 Å². The van der Waals surface area contributed by atoms with Crippen LogP contribution in [0.3, 0.4) is 0 Å². The number of nitrogens with one attached hydrogen (secondary N) is 1. The largest absolute Gasteiger partial charge is 0.374 e. The lowest BCUT2D eigenvalue weighted by atomic mass is 9.97. The zero-order chi connectivity index (χ0) is 21.9. The first kappa shape index (κ1) is 18.6. The van der Waals surface area contributed by atoms with Gasteiger partial charge in [-0.05, 0) is 72.8 Å². The molecule has 5 aromatic rings. The summed E-state index contributed by atoms with van der Waals surface area (Å²) in [5.41, 5.74) is 8.93. The second-order valence-corrected chi connectivity index (χ2v) is 9.03. The molecule has 1 aliphatic carbocycles. The molecular formula is C27H24N6. The maximum absolute atomic E-state index is 5.17. The van der Waals surface area contributed by atoms with E-state index < -0.39 is 0 Å². The lowest BCUT2D eigenvalue weighted by molar-refractivity contribution is 0.298. The van der Waals surface area contributed by atoms with Gasteiger partial charge in [-0.3, -0.25) is 4.98 Å². The summed E-state index contributed by atoms with van der Waals surface area (Å²) in [5, 5.41) is 6.37. The van der Waals surface area contributed by atoms with Crippen LogP contribution in [0.4, 0.5) is 0 Å². The average molecular weight is 433 g/mol. The van der Waals surface area contributed by atoms with Gasteiger partial charge >= 0.3 is 0 Å². The molecule has 2 aliphatic rings. The minimum atomic E-state index is 0.396. The topological polar surface area (TPSA) is 62.1 Å². The molecule has 0 amide bonds. The van der Waals surface area contributed by atoms with E-state index in [1.165, 1.54) is 16.7 Å². The summed E-state index contributed by atoms with van der Waals surface area (Å²) in [5.74, 6) is 0.396. The van der Waals surface area contributed by atoms with Gasteiger partial charge in [0.1, 0.15) is 5.69 Å². The van der Waals surface area contributed by atoms with Gasteiger partial charge in [-0.25, -0.2) is 9.50 Å². The standard InChI is InChI=1S/C27H24N6/c1-2-32-16-20-13-21(32)15-22(20)24-8-12-30-27-25(19-4-3-17-7-11-29-23(17)14-19)26(31-33(24)27)18-5-9-28-10-6-18/h3-12,14,16,21-22,29H,2,13,15H2,1H3. The number of benzene rings is 1. The van der Waals surface area contributed by atoms with E-state index >= 15 is 0 Å². The molecule has 1 fully saturated rings.